The van der Waals surface area contributed by atoms with Crippen LogP contribution in [0.1, 0.15) is 13.3 Å². The molecule has 0 bridgehead atoms. The van der Waals surface area contributed by atoms with Gasteiger partial charge in [0, 0.05) is 29.7 Å². The minimum absolute atomic E-state index is 0.0212. The van der Waals surface area contributed by atoms with Gasteiger partial charge >= 0.3 is 0 Å². The van der Waals surface area contributed by atoms with Crippen LogP contribution in [0.4, 0.5) is 0 Å². The molecule has 0 spiro atoms. The standard InChI is InChI=1S/C13H19BrN2O5S2/c1-2-22(18,19)9-8-15-13(17)6-7-16-23(20,21)12-5-3-4-11(14)10-12/h3-5,10,16H,2,6-9H2,1H3,(H,15,17). The molecule has 1 aromatic rings. The highest BCUT2D eigenvalue weighted by Gasteiger charge is 2.14. The molecule has 130 valence electrons. The van der Waals surface area contributed by atoms with Crippen molar-refractivity contribution >= 4 is 41.7 Å². The lowest BCUT2D eigenvalue weighted by molar-refractivity contribution is -0.120. The molecule has 10 heteroatoms. The number of sulfonamides is 1. The van der Waals surface area contributed by atoms with Crippen LogP contribution in [0.3, 0.4) is 0 Å². The number of halogens is 1. The van der Waals surface area contributed by atoms with Crippen LogP contribution in [0.5, 0.6) is 0 Å². The van der Waals surface area contributed by atoms with Gasteiger partial charge in [0.25, 0.3) is 0 Å². The number of hydrogen-bond acceptors (Lipinski definition) is 5. The molecule has 7 nitrogen and oxygen atoms in total. The minimum atomic E-state index is -3.68. The summed E-state index contributed by atoms with van der Waals surface area (Å²) < 4.78 is 49.5. The second-order valence-corrected chi connectivity index (χ2v) is 9.85. The summed E-state index contributed by atoms with van der Waals surface area (Å²) in [7, 11) is -6.81. The van der Waals surface area contributed by atoms with Gasteiger partial charge in [-0.1, -0.05) is 28.9 Å². The summed E-state index contributed by atoms with van der Waals surface area (Å²) in [6.07, 6.45) is -0.0700. The van der Waals surface area contributed by atoms with Crippen LogP contribution in [-0.4, -0.2) is 47.3 Å². The van der Waals surface area contributed by atoms with Crippen molar-refractivity contribution in [1.29, 1.82) is 0 Å². The SMILES string of the molecule is CCS(=O)(=O)CCNC(=O)CCNS(=O)(=O)c1cccc(Br)c1. The first kappa shape index (κ1) is 20.1. The molecule has 1 rings (SSSR count). The summed E-state index contributed by atoms with van der Waals surface area (Å²) >= 11 is 3.19. The van der Waals surface area contributed by atoms with E-state index in [4.69, 9.17) is 0 Å². The van der Waals surface area contributed by atoms with Crippen molar-refractivity contribution in [1.82, 2.24) is 10.0 Å². The number of amides is 1. The summed E-state index contributed by atoms with van der Waals surface area (Å²) in [6.45, 7) is 1.49. The fourth-order valence-electron chi connectivity index (χ4n) is 1.60. The topological polar surface area (TPSA) is 109 Å². The molecule has 0 fully saturated rings. The van der Waals surface area contributed by atoms with Gasteiger partial charge in [0.2, 0.25) is 15.9 Å². The monoisotopic (exact) mass is 426 g/mol. The number of sulfone groups is 1. The fourth-order valence-corrected chi connectivity index (χ4v) is 3.92. The second kappa shape index (κ2) is 8.76. The number of rotatable bonds is 9. The largest absolute Gasteiger partial charge is 0.355 e. The van der Waals surface area contributed by atoms with Crippen LogP contribution in [0.2, 0.25) is 0 Å². The quantitative estimate of drug-likeness (QED) is 0.602. The number of nitrogens with one attached hydrogen (secondary N) is 2. The highest BCUT2D eigenvalue weighted by molar-refractivity contribution is 9.10. The normalized spacial score (nSPS) is 12.1. The third-order valence-corrected chi connectivity index (χ3v) is 6.58. The Bertz CT molecular complexity index is 747. The third kappa shape index (κ3) is 7.42. The van der Waals surface area contributed by atoms with Crippen molar-refractivity contribution in [2.24, 2.45) is 0 Å². The molecule has 0 aliphatic carbocycles. The molecule has 0 atom stereocenters. The summed E-state index contributed by atoms with van der Waals surface area (Å²) in [4.78, 5) is 11.6. The molecule has 0 saturated carbocycles. The van der Waals surface area contributed by atoms with Crippen LogP contribution in [-0.2, 0) is 24.7 Å². The Kier molecular flexibility index (Phi) is 7.65. The van der Waals surface area contributed by atoms with Crippen molar-refractivity contribution in [2.75, 3.05) is 24.6 Å². The van der Waals surface area contributed by atoms with Crippen molar-refractivity contribution in [3.63, 3.8) is 0 Å². The van der Waals surface area contributed by atoms with Gasteiger partial charge in [-0.3, -0.25) is 4.79 Å². The smallest absolute Gasteiger partial charge is 0.240 e. The van der Waals surface area contributed by atoms with Gasteiger partial charge in [0.15, 0.2) is 9.84 Å². The first-order valence-electron chi connectivity index (χ1n) is 6.88. The number of hydrogen-bond donors (Lipinski definition) is 2. The number of carbonyl (C=O) groups excluding carboxylic acids is 1. The highest BCUT2D eigenvalue weighted by atomic mass is 79.9. The Morgan fingerprint density at radius 2 is 1.87 bits per heavy atom. The Hall–Kier alpha value is -0.970. The summed E-state index contributed by atoms with van der Waals surface area (Å²) in [5.41, 5.74) is 0. The summed E-state index contributed by atoms with van der Waals surface area (Å²) in [5, 5.41) is 2.45. The zero-order chi connectivity index (χ0) is 17.5. The second-order valence-electron chi connectivity index (χ2n) is 4.69. The minimum Gasteiger partial charge on any atom is -0.355 e. The molecular weight excluding hydrogens is 408 g/mol. The van der Waals surface area contributed by atoms with Crippen molar-refractivity contribution in [3.05, 3.63) is 28.7 Å². The Morgan fingerprint density at radius 3 is 2.48 bits per heavy atom. The third-order valence-electron chi connectivity index (χ3n) is 2.93. The van der Waals surface area contributed by atoms with Crippen molar-refractivity contribution in [2.45, 2.75) is 18.2 Å². The molecule has 0 aliphatic rings. The molecule has 23 heavy (non-hydrogen) atoms. The zero-order valence-electron chi connectivity index (χ0n) is 12.6. The van der Waals surface area contributed by atoms with E-state index in [-0.39, 0.29) is 35.9 Å². The average Bonchev–Trinajstić information content (AvgIpc) is 2.47. The lowest BCUT2D eigenvalue weighted by Gasteiger charge is -2.08. The van der Waals surface area contributed by atoms with Gasteiger partial charge in [0.1, 0.15) is 0 Å². The van der Waals surface area contributed by atoms with Crippen molar-refractivity contribution < 1.29 is 21.6 Å². The lowest BCUT2D eigenvalue weighted by Crippen LogP contribution is -2.33. The predicted molar refractivity (Wildman–Crippen MR) is 91.3 cm³/mol. The van der Waals surface area contributed by atoms with Crippen LogP contribution in [0, 0.1) is 0 Å². The summed E-state index contributed by atoms with van der Waals surface area (Å²) in [5.74, 6) is -0.512. The van der Waals surface area contributed by atoms with Gasteiger partial charge in [-0.2, -0.15) is 0 Å². The van der Waals surface area contributed by atoms with E-state index >= 15 is 0 Å². The maximum Gasteiger partial charge on any atom is 0.240 e. The number of carbonyl (C=O) groups is 1. The molecular formula is C13H19BrN2O5S2. The zero-order valence-corrected chi connectivity index (χ0v) is 15.8. The van der Waals surface area contributed by atoms with Gasteiger partial charge < -0.3 is 5.32 Å². The lowest BCUT2D eigenvalue weighted by atomic mass is 10.4. The molecule has 0 aromatic heterocycles. The van der Waals surface area contributed by atoms with Crippen molar-refractivity contribution in [3.8, 4) is 0 Å². The van der Waals surface area contributed by atoms with E-state index in [9.17, 15) is 21.6 Å². The van der Waals surface area contributed by atoms with Crippen LogP contribution < -0.4 is 10.0 Å². The molecule has 0 radical (unpaired) electrons. The van der Waals surface area contributed by atoms with E-state index in [0.29, 0.717) is 4.47 Å². The Morgan fingerprint density at radius 1 is 1.17 bits per heavy atom. The van der Waals surface area contributed by atoms with E-state index in [0.717, 1.165) is 0 Å². The van der Waals surface area contributed by atoms with Gasteiger partial charge in [-0.15, -0.1) is 0 Å². The maximum atomic E-state index is 12.0. The Labute approximate surface area is 145 Å². The van der Waals surface area contributed by atoms with E-state index in [1.54, 1.807) is 12.1 Å². The van der Waals surface area contributed by atoms with E-state index < -0.39 is 25.8 Å². The molecule has 0 heterocycles. The van der Waals surface area contributed by atoms with Gasteiger partial charge in [-0.25, -0.2) is 21.6 Å². The van der Waals surface area contributed by atoms with E-state index in [1.807, 2.05) is 0 Å². The maximum absolute atomic E-state index is 12.0. The van der Waals surface area contributed by atoms with Gasteiger partial charge in [-0.05, 0) is 18.2 Å². The Balaban J connectivity index is 2.40. The molecule has 1 amide bonds. The fraction of sp³-hybridized carbons (Fsp3) is 0.462. The molecule has 0 unspecified atom stereocenters. The average molecular weight is 427 g/mol. The highest BCUT2D eigenvalue weighted by Crippen LogP contribution is 2.15. The van der Waals surface area contributed by atoms with Gasteiger partial charge in [0.05, 0.1) is 10.6 Å². The van der Waals surface area contributed by atoms with E-state index in [1.165, 1.54) is 19.1 Å². The van der Waals surface area contributed by atoms with Crippen LogP contribution in [0.25, 0.3) is 0 Å². The predicted octanol–water partition coefficient (Wildman–Crippen LogP) is 0.668. The molecule has 1 aromatic carbocycles. The van der Waals surface area contributed by atoms with Crippen LogP contribution >= 0.6 is 15.9 Å². The molecule has 0 aliphatic heterocycles. The number of benzene rings is 1. The molecule has 2 N–H and O–H groups in total. The van der Waals surface area contributed by atoms with E-state index in [2.05, 4.69) is 26.0 Å². The first-order valence-corrected chi connectivity index (χ1v) is 11.0. The first-order chi connectivity index (χ1) is 10.7. The molecule has 0 saturated heterocycles. The summed E-state index contributed by atoms with van der Waals surface area (Å²) in [6, 6.07) is 6.21. The van der Waals surface area contributed by atoms with Crippen LogP contribution in [0.15, 0.2) is 33.6 Å².